The maximum Gasteiger partial charge on any atom is 0.343 e. The Morgan fingerprint density at radius 2 is 0.862 bits per heavy atom. The average molecular weight is 777 g/mol. The number of anilines is 1. The lowest BCUT2D eigenvalue weighted by molar-refractivity contribution is 0.0734. The molecule has 58 heavy (non-hydrogen) atoms. The Bertz CT molecular complexity index is 2100. The molecule has 0 saturated carbocycles. The van der Waals surface area contributed by atoms with Crippen LogP contribution in [0.1, 0.15) is 84.5 Å². The highest BCUT2D eigenvalue weighted by molar-refractivity contribution is 5.91. The third-order valence-electron chi connectivity index (χ3n) is 10.4. The van der Waals surface area contributed by atoms with Gasteiger partial charge >= 0.3 is 5.97 Å². The number of carbonyl (C=O) groups is 1. The van der Waals surface area contributed by atoms with Gasteiger partial charge in [0, 0.05) is 48.6 Å². The normalized spacial score (nSPS) is 12.8. The van der Waals surface area contributed by atoms with Crippen molar-refractivity contribution < 1.29 is 23.7 Å². The molecule has 5 aromatic carbocycles. The van der Waals surface area contributed by atoms with Crippen LogP contribution in [-0.4, -0.2) is 44.1 Å². The van der Waals surface area contributed by atoms with Gasteiger partial charge in [-0.3, -0.25) is 0 Å². The Morgan fingerprint density at radius 1 is 0.483 bits per heavy atom. The molecule has 0 aliphatic carbocycles. The lowest BCUT2D eigenvalue weighted by Crippen LogP contribution is -2.44. The summed E-state index contributed by atoms with van der Waals surface area (Å²) in [7, 11) is 2.16. The molecule has 0 unspecified atom stereocenters. The van der Waals surface area contributed by atoms with E-state index in [1.54, 1.807) is 48.5 Å². The van der Waals surface area contributed by atoms with Crippen LogP contribution in [0.15, 0.2) is 141 Å². The molecule has 300 valence electrons. The minimum absolute atomic E-state index is 0.403. The molecule has 0 atom stereocenters. The van der Waals surface area contributed by atoms with Gasteiger partial charge in [-0.2, -0.15) is 0 Å². The molecule has 0 amide bonds. The minimum Gasteiger partial charge on any atom is -0.457 e. The van der Waals surface area contributed by atoms with E-state index in [4.69, 9.17) is 18.9 Å². The van der Waals surface area contributed by atoms with Crippen molar-refractivity contribution in [2.24, 2.45) is 0 Å². The molecule has 7 nitrogen and oxygen atoms in total. The monoisotopic (exact) mass is 776 g/mol. The van der Waals surface area contributed by atoms with Crippen LogP contribution in [0, 0.1) is 0 Å². The fourth-order valence-corrected chi connectivity index (χ4v) is 6.78. The molecular formula is C51H56N2O5. The van der Waals surface area contributed by atoms with Crippen LogP contribution in [0.3, 0.4) is 0 Å². The third-order valence-corrected chi connectivity index (χ3v) is 10.4. The molecule has 1 heterocycles. The second-order valence-corrected chi connectivity index (χ2v) is 14.9. The van der Waals surface area contributed by atoms with E-state index < -0.39 is 5.97 Å². The van der Waals surface area contributed by atoms with Gasteiger partial charge < -0.3 is 28.7 Å². The number of rotatable bonds is 20. The van der Waals surface area contributed by atoms with E-state index in [9.17, 15) is 4.79 Å². The van der Waals surface area contributed by atoms with Crippen molar-refractivity contribution >= 4 is 28.9 Å². The first-order valence-electron chi connectivity index (χ1n) is 20.5. The lowest BCUT2D eigenvalue weighted by atomic mass is 10.0. The summed E-state index contributed by atoms with van der Waals surface area (Å²) in [5.74, 6) is 3.43. The second kappa shape index (κ2) is 20.9. The smallest absolute Gasteiger partial charge is 0.343 e. The fraction of sp³-hybridized carbons (Fsp3) is 0.275. The first-order valence-corrected chi connectivity index (χ1v) is 20.5. The van der Waals surface area contributed by atoms with Crippen molar-refractivity contribution in [2.45, 2.75) is 58.3 Å². The van der Waals surface area contributed by atoms with E-state index in [1.807, 2.05) is 36.4 Å². The van der Waals surface area contributed by atoms with Crippen molar-refractivity contribution in [1.82, 2.24) is 4.90 Å². The van der Waals surface area contributed by atoms with Gasteiger partial charge in [-0.05, 0) is 123 Å². The molecular weight excluding hydrogens is 721 g/mol. The van der Waals surface area contributed by atoms with Gasteiger partial charge in [0.15, 0.2) is 0 Å². The lowest BCUT2D eigenvalue weighted by Gasteiger charge is -2.34. The van der Waals surface area contributed by atoms with E-state index in [0.717, 1.165) is 55.0 Å². The Labute approximate surface area is 344 Å². The standard InChI is InChI=1S/C51H56N2O5/c1-6-7-8-9-10-11-12-13-41-14-16-42(17-15-41)38(2)55-48-30-22-45(23-31-48)51(54)58-50-28-20-44(21-29-50)39(3)56-47-26-18-43(19-27-47)40(4)57-49-32-24-46(25-33-49)53-36-34-52(5)35-37-53/h14-33H,2-4,6-13,34-37H2,1,5H3. The van der Waals surface area contributed by atoms with Gasteiger partial charge in [-0.1, -0.05) is 89.5 Å². The highest BCUT2D eigenvalue weighted by Gasteiger charge is 2.15. The van der Waals surface area contributed by atoms with Gasteiger partial charge in [0.1, 0.15) is 40.3 Å². The summed E-state index contributed by atoms with van der Waals surface area (Å²) < 4.78 is 23.7. The maximum atomic E-state index is 12.9. The number of aryl methyl sites for hydroxylation is 1. The van der Waals surface area contributed by atoms with Crippen molar-refractivity contribution in [3.05, 3.63) is 169 Å². The first-order chi connectivity index (χ1) is 28.2. The average Bonchev–Trinajstić information content (AvgIpc) is 3.25. The quantitative estimate of drug-likeness (QED) is 0.0338. The van der Waals surface area contributed by atoms with E-state index in [2.05, 4.69) is 79.9 Å². The molecule has 0 bridgehead atoms. The predicted octanol–water partition coefficient (Wildman–Crippen LogP) is 12.1. The summed E-state index contributed by atoms with van der Waals surface area (Å²) in [6.45, 7) is 18.8. The van der Waals surface area contributed by atoms with Crippen molar-refractivity contribution in [1.29, 1.82) is 0 Å². The van der Waals surface area contributed by atoms with Gasteiger partial charge in [-0.25, -0.2) is 4.79 Å². The molecule has 1 saturated heterocycles. The van der Waals surface area contributed by atoms with Crippen LogP contribution in [0.25, 0.3) is 17.3 Å². The van der Waals surface area contributed by atoms with Gasteiger partial charge in [-0.15, -0.1) is 0 Å². The first kappa shape index (κ1) is 41.6. The number of hydrogen-bond acceptors (Lipinski definition) is 7. The number of nitrogens with zero attached hydrogens (tertiary/aromatic N) is 2. The second-order valence-electron chi connectivity index (χ2n) is 14.9. The Morgan fingerprint density at radius 3 is 1.33 bits per heavy atom. The SMILES string of the molecule is C=C(Oc1ccc(C(=O)Oc2ccc(C(=C)Oc3ccc(C(=C)Oc4ccc(N5CCN(C)CC5)cc4)cc3)cc2)cc1)c1ccc(CCCCCCCCC)cc1. The summed E-state index contributed by atoms with van der Waals surface area (Å²) in [6, 6.07) is 37.9. The summed E-state index contributed by atoms with van der Waals surface area (Å²) >= 11 is 0. The molecule has 5 aromatic rings. The summed E-state index contributed by atoms with van der Waals surface area (Å²) in [6.07, 6.45) is 10.2. The molecule has 0 aromatic heterocycles. The number of benzene rings is 5. The van der Waals surface area contributed by atoms with E-state index in [-0.39, 0.29) is 0 Å². The Hall–Kier alpha value is -6.05. The fourth-order valence-electron chi connectivity index (χ4n) is 6.78. The number of unbranched alkanes of at least 4 members (excludes halogenated alkanes) is 6. The van der Waals surface area contributed by atoms with Crippen LogP contribution < -0.4 is 23.8 Å². The van der Waals surface area contributed by atoms with E-state index >= 15 is 0 Å². The molecule has 0 N–H and O–H groups in total. The van der Waals surface area contributed by atoms with Gasteiger partial charge in [0.2, 0.25) is 0 Å². The third kappa shape index (κ3) is 12.2. The number of carbonyl (C=O) groups excluding carboxylic acids is 1. The van der Waals surface area contributed by atoms with E-state index in [1.165, 1.54) is 56.2 Å². The van der Waals surface area contributed by atoms with Crippen LogP contribution >= 0.6 is 0 Å². The highest BCUT2D eigenvalue weighted by atomic mass is 16.5. The van der Waals surface area contributed by atoms with Crippen molar-refractivity contribution in [3.63, 3.8) is 0 Å². The van der Waals surface area contributed by atoms with Crippen LogP contribution in [0.4, 0.5) is 5.69 Å². The Kier molecular flexibility index (Phi) is 15.0. The number of likely N-dealkylation sites (N-methyl/N-ethyl adjacent to an activating group) is 1. The molecule has 0 radical (unpaired) electrons. The summed E-state index contributed by atoms with van der Waals surface area (Å²) in [5.41, 5.74) is 5.45. The molecule has 1 aliphatic heterocycles. The van der Waals surface area contributed by atoms with Gasteiger partial charge in [0.05, 0.1) is 5.56 Å². The van der Waals surface area contributed by atoms with Crippen molar-refractivity contribution in [3.8, 4) is 23.0 Å². The zero-order valence-electron chi connectivity index (χ0n) is 34.1. The topological polar surface area (TPSA) is 60.5 Å². The zero-order valence-corrected chi connectivity index (χ0v) is 34.1. The van der Waals surface area contributed by atoms with Gasteiger partial charge in [0.25, 0.3) is 0 Å². The minimum atomic E-state index is -0.474. The molecule has 1 aliphatic rings. The maximum absolute atomic E-state index is 12.9. The number of esters is 1. The van der Waals surface area contributed by atoms with E-state index in [0.29, 0.717) is 40.1 Å². The Balaban J connectivity index is 0.918. The number of hydrogen-bond donors (Lipinski definition) is 0. The van der Waals surface area contributed by atoms with Crippen LogP contribution in [0.5, 0.6) is 23.0 Å². The zero-order chi connectivity index (χ0) is 40.7. The molecule has 7 heteroatoms. The largest absolute Gasteiger partial charge is 0.457 e. The molecule has 0 spiro atoms. The highest BCUT2D eigenvalue weighted by Crippen LogP contribution is 2.28. The molecule has 6 rings (SSSR count). The summed E-state index contributed by atoms with van der Waals surface area (Å²) in [5, 5.41) is 0. The number of ether oxygens (including phenoxy) is 4. The molecule has 1 fully saturated rings. The van der Waals surface area contributed by atoms with Crippen LogP contribution in [-0.2, 0) is 6.42 Å². The van der Waals surface area contributed by atoms with Crippen molar-refractivity contribution in [2.75, 3.05) is 38.1 Å². The van der Waals surface area contributed by atoms with Crippen LogP contribution in [0.2, 0.25) is 0 Å². The predicted molar refractivity (Wildman–Crippen MR) is 238 cm³/mol. The summed E-state index contributed by atoms with van der Waals surface area (Å²) in [4.78, 5) is 17.7. The number of piperazine rings is 1.